The van der Waals surface area contributed by atoms with Gasteiger partial charge in [0.25, 0.3) is 0 Å². The Morgan fingerprint density at radius 2 is 2.00 bits per heavy atom. The van der Waals surface area contributed by atoms with Crippen LogP contribution in [0.25, 0.3) is 22.3 Å². The molecule has 0 aliphatic heterocycles. The summed E-state index contributed by atoms with van der Waals surface area (Å²) >= 11 is 7.54. The first kappa shape index (κ1) is 23.8. The van der Waals surface area contributed by atoms with Crippen LogP contribution in [0.2, 0.25) is 5.02 Å². The Morgan fingerprint density at radius 1 is 1.11 bits per heavy atom. The van der Waals surface area contributed by atoms with Crippen molar-refractivity contribution in [1.82, 2.24) is 20.2 Å². The topological polar surface area (TPSA) is 92.8 Å². The molecule has 2 aromatic carbocycles. The molecule has 0 fully saturated rings. The van der Waals surface area contributed by atoms with Crippen molar-refractivity contribution in [3.63, 3.8) is 0 Å². The average Bonchev–Trinajstić information content (AvgIpc) is 3.39. The van der Waals surface area contributed by atoms with Gasteiger partial charge < -0.3 is 15.0 Å². The van der Waals surface area contributed by atoms with Gasteiger partial charge in [-0.2, -0.15) is 0 Å². The number of carbonyl (C=O) groups excluding carboxylic acids is 1. The summed E-state index contributed by atoms with van der Waals surface area (Å²) in [4.78, 5) is 19.3. The van der Waals surface area contributed by atoms with Crippen LogP contribution in [0.4, 0.5) is 15.8 Å². The fourth-order valence-corrected chi connectivity index (χ4v) is 4.69. The summed E-state index contributed by atoms with van der Waals surface area (Å²) in [6.45, 7) is 0. The predicted octanol–water partition coefficient (Wildman–Crippen LogP) is 6.63. The number of nitrogens with zero attached hydrogens (tertiary/aromatic N) is 3. The first-order chi connectivity index (χ1) is 17.5. The number of esters is 1. The van der Waals surface area contributed by atoms with E-state index in [1.165, 1.54) is 37.1 Å². The van der Waals surface area contributed by atoms with Gasteiger partial charge in [-0.05, 0) is 54.1 Å². The molecule has 36 heavy (non-hydrogen) atoms. The number of carbonyl (C=O) groups is 1. The molecule has 7 nitrogen and oxygen atoms in total. The summed E-state index contributed by atoms with van der Waals surface area (Å²) in [5, 5.41) is 14.0. The van der Waals surface area contributed by atoms with E-state index in [9.17, 15) is 9.18 Å². The second kappa shape index (κ2) is 10.3. The van der Waals surface area contributed by atoms with Gasteiger partial charge in [-0.3, -0.25) is 0 Å². The molecule has 0 amide bonds. The SMILES string of the molecule is COC(=O)c1cccc(CSc2nnc(-c3cc(Cl)ccc3F)cc2Nc2ccnc3[nH]ccc23)c1. The van der Waals surface area contributed by atoms with Gasteiger partial charge in [0.1, 0.15) is 16.5 Å². The van der Waals surface area contributed by atoms with Crippen molar-refractivity contribution in [2.75, 3.05) is 12.4 Å². The minimum absolute atomic E-state index is 0.252. The molecule has 0 bridgehead atoms. The largest absolute Gasteiger partial charge is 0.465 e. The Labute approximate surface area is 215 Å². The molecule has 0 spiro atoms. The van der Waals surface area contributed by atoms with E-state index in [2.05, 4.69) is 25.5 Å². The lowest BCUT2D eigenvalue weighted by Gasteiger charge is -2.13. The number of nitrogens with one attached hydrogen (secondary N) is 2. The van der Waals surface area contributed by atoms with Crippen LogP contribution >= 0.6 is 23.4 Å². The number of ether oxygens (including phenoxy) is 1. The van der Waals surface area contributed by atoms with Gasteiger partial charge in [-0.25, -0.2) is 14.2 Å². The molecule has 0 saturated heterocycles. The molecule has 0 unspecified atom stereocenters. The molecule has 0 aliphatic rings. The van der Waals surface area contributed by atoms with Gasteiger partial charge in [-0.15, -0.1) is 10.2 Å². The van der Waals surface area contributed by atoms with E-state index in [4.69, 9.17) is 16.3 Å². The standard InChI is InChI=1S/C26H19ClFN5O2S/c1-35-26(34)16-4-2-3-15(11-16)14-36-25-23(31-21-8-10-30-24-18(21)7-9-29-24)13-22(32-33-25)19-12-17(27)5-6-20(19)28/h2-13H,14H2,1H3,(H2,29,30,31,32). The molecule has 2 N–H and O–H groups in total. The second-order valence-corrected chi connectivity index (χ2v) is 9.18. The summed E-state index contributed by atoms with van der Waals surface area (Å²) < 4.78 is 19.4. The number of fused-ring (bicyclic) bond motifs is 1. The summed E-state index contributed by atoms with van der Waals surface area (Å²) in [5.41, 5.74) is 4.16. The third kappa shape index (κ3) is 5.02. The van der Waals surface area contributed by atoms with Crippen molar-refractivity contribution in [2.24, 2.45) is 0 Å². The Balaban J connectivity index is 1.51. The summed E-state index contributed by atoms with van der Waals surface area (Å²) in [6.07, 6.45) is 3.50. The highest BCUT2D eigenvalue weighted by molar-refractivity contribution is 7.98. The van der Waals surface area contributed by atoms with Crippen molar-refractivity contribution in [2.45, 2.75) is 10.8 Å². The lowest BCUT2D eigenvalue weighted by molar-refractivity contribution is 0.0600. The second-order valence-electron chi connectivity index (χ2n) is 7.78. The van der Waals surface area contributed by atoms with Gasteiger partial charge in [0.15, 0.2) is 0 Å². The number of aromatic amines is 1. The molecule has 0 aliphatic carbocycles. The molecule has 180 valence electrons. The minimum Gasteiger partial charge on any atom is -0.465 e. The van der Waals surface area contributed by atoms with Crippen molar-refractivity contribution in [1.29, 1.82) is 0 Å². The van der Waals surface area contributed by atoms with Crippen LogP contribution in [0, 0.1) is 5.82 Å². The first-order valence-corrected chi connectivity index (χ1v) is 12.2. The van der Waals surface area contributed by atoms with E-state index >= 15 is 0 Å². The lowest BCUT2D eigenvalue weighted by atomic mass is 10.1. The van der Waals surface area contributed by atoms with Crippen LogP contribution in [-0.4, -0.2) is 33.2 Å². The number of methoxy groups -OCH3 is 1. The highest BCUT2D eigenvalue weighted by Gasteiger charge is 2.15. The number of pyridine rings is 1. The van der Waals surface area contributed by atoms with Crippen molar-refractivity contribution in [3.8, 4) is 11.3 Å². The molecule has 10 heteroatoms. The highest BCUT2D eigenvalue weighted by Crippen LogP contribution is 2.35. The van der Waals surface area contributed by atoms with Crippen LogP contribution < -0.4 is 5.32 Å². The zero-order chi connectivity index (χ0) is 25.1. The van der Waals surface area contributed by atoms with Crippen molar-refractivity contribution >= 4 is 51.7 Å². The number of H-pyrrole nitrogens is 1. The fourth-order valence-electron chi connectivity index (χ4n) is 3.67. The quantitative estimate of drug-likeness (QED) is 0.184. The first-order valence-electron chi connectivity index (χ1n) is 10.8. The molecule has 0 atom stereocenters. The highest BCUT2D eigenvalue weighted by atomic mass is 35.5. The van der Waals surface area contributed by atoms with E-state index < -0.39 is 11.8 Å². The van der Waals surface area contributed by atoms with Crippen LogP contribution in [0.15, 0.2) is 78.1 Å². The number of hydrogen-bond donors (Lipinski definition) is 2. The number of thioether (sulfide) groups is 1. The Morgan fingerprint density at radius 3 is 2.86 bits per heavy atom. The van der Waals surface area contributed by atoms with Crippen LogP contribution in [0.1, 0.15) is 15.9 Å². The minimum atomic E-state index is -0.448. The molecular weight excluding hydrogens is 501 g/mol. The summed E-state index contributed by atoms with van der Waals surface area (Å²) in [6, 6.07) is 17.0. The number of anilines is 2. The van der Waals surface area contributed by atoms with E-state index in [0.717, 1.165) is 22.3 Å². The summed E-state index contributed by atoms with van der Waals surface area (Å²) in [5.74, 6) is -0.323. The fraction of sp³-hybridized carbons (Fsp3) is 0.0769. The van der Waals surface area contributed by atoms with Gasteiger partial charge in [0.05, 0.1) is 29.7 Å². The average molecular weight is 520 g/mol. The molecule has 5 rings (SSSR count). The lowest BCUT2D eigenvalue weighted by Crippen LogP contribution is -2.02. The molecule has 0 saturated carbocycles. The number of aromatic nitrogens is 4. The number of benzene rings is 2. The Kier molecular flexibility index (Phi) is 6.84. The number of hydrogen-bond acceptors (Lipinski definition) is 7. The zero-order valence-corrected chi connectivity index (χ0v) is 20.5. The number of halogens is 2. The maximum absolute atomic E-state index is 14.6. The van der Waals surface area contributed by atoms with Gasteiger partial charge in [-0.1, -0.05) is 35.5 Å². The Bertz CT molecular complexity index is 1580. The van der Waals surface area contributed by atoms with Crippen molar-refractivity contribution < 1.29 is 13.9 Å². The van der Waals surface area contributed by atoms with Gasteiger partial charge >= 0.3 is 5.97 Å². The predicted molar refractivity (Wildman–Crippen MR) is 139 cm³/mol. The third-order valence-corrected chi connectivity index (χ3v) is 6.71. The normalized spacial score (nSPS) is 11.0. The van der Waals surface area contributed by atoms with E-state index in [1.807, 2.05) is 24.4 Å². The van der Waals surface area contributed by atoms with Crippen LogP contribution in [0.5, 0.6) is 0 Å². The molecular formula is C26H19ClFN5O2S. The maximum Gasteiger partial charge on any atom is 0.337 e. The van der Waals surface area contributed by atoms with E-state index in [-0.39, 0.29) is 5.56 Å². The van der Waals surface area contributed by atoms with Crippen LogP contribution in [-0.2, 0) is 10.5 Å². The Hall–Kier alpha value is -3.95. The maximum atomic E-state index is 14.6. The molecule has 0 radical (unpaired) electrons. The van der Waals surface area contributed by atoms with Gasteiger partial charge in [0, 0.05) is 34.1 Å². The smallest absolute Gasteiger partial charge is 0.337 e. The molecule has 3 aromatic heterocycles. The van der Waals surface area contributed by atoms with E-state index in [1.54, 1.807) is 30.5 Å². The molecule has 3 heterocycles. The third-order valence-electron chi connectivity index (χ3n) is 5.42. The molecule has 5 aromatic rings. The van der Waals surface area contributed by atoms with Crippen molar-refractivity contribution in [3.05, 3.63) is 95.0 Å². The van der Waals surface area contributed by atoms with Gasteiger partial charge in [0.2, 0.25) is 0 Å². The monoisotopic (exact) mass is 519 g/mol. The van der Waals surface area contributed by atoms with E-state index in [0.29, 0.717) is 32.7 Å². The number of rotatable bonds is 7. The summed E-state index contributed by atoms with van der Waals surface area (Å²) in [7, 11) is 1.35. The zero-order valence-electron chi connectivity index (χ0n) is 19.0. The van der Waals surface area contributed by atoms with Crippen LogP contribution in [0.3, 0.4) is 0 Å².